The number of aryl methyl sites for hydroxylation is 1. The Hall–Kier alpha value is -3.24. The van der Waals surface area contributed by atoms with E-state index in [0.717, 1.165) is 43.5 Å². The number of oxime groups is 1. The number of hydrogen-bond acceptors (Lipinski definition) is 8. The van der Waals surface area contributed by atoms with Crippen molar-refractivity contribution in [3.8, 4) is 11.5 Å². The lowest BCUT2D eigenvalue weighted by molar-refractivity contribution is -0.383. The van der Waals surface area contributed by atoms with Crippen molar-refractivity contribution in [3.63, 3.8) is 0 Å². The summed E-state index contributed by atoms with van der Waals surface area (Å²) in [7, 11) is -1.83. The van der Waals surface area contributed by atoms with E-state index in [1.807, 2.05) is 0 Å². The Kier molecular flexibility index (Phi) is 9.67. The largest absolute Gasteiger partial charge is 0.629 e. The smallest absolute Gasteiger partial charge is 0.464 e. The van der Waals surface area contributed by atoms with E-state index in [9.17, 15) is 32.6 Å². The highest BCUT2D eigenvalue weighted by Gasteiger charge is 2.38. The third-order valence-corrected chi connectivity index (χ3v) is 7.29. The summed E-state index contributed by atoms with van der Waals surface area (Å²) in [6.45, 7) is 1.67. The molecule has 0 N–H and O–H groups in total. The maximum atomic E-state index is 13.1. The molecule has 0 radical (unpaired) electrons. The fourth-order valence-corrected chi connectivity index (χ4v) is 5.05. The first-order valence-electron chi connectivity index (χ1n) is 11.6. The Morgan fingerprint density at radius 3 is 2.42 bits per heavy atom. The summed E-state index contributed by atoms with van der Waals surface area (Å²) in [6.07, 6.45) is -0.334. The van der Waals surface area contributed by atoms with E-state index in [2.05, 4.69) is 5.16 Å². The predicted molar refractivity (Wildman–Crippen MR) is 133 cm³/mol. The van der Waals surface area contributed by atoms with Gasteiger partial charge in [-0.3, -0.25) is 10.1 Å². The SMILES string of the molecule is CCc1cc([N+](=O)[O-])c([P+](=O)ON=C(C(=O)OC)C2CCCCC2)cc1Oc1ccc(C(F)(F)F)cc1Cl. The Bertz CT molecular complexity index is 1260. The summed E-state index contributed by atoms with van der Waals surface area (Å²) in [5.41, 5.74) is -1.28. The van der Waals surface area contributed by atoms with Crippen molar-refractivity contribution < 1.29 is 41.6 Å². The van der Waals surface area contributed by atoms with Gasteiger partial charge in [-0.25, -0.2) is 4.79 Å². The molecule has 14 heteroatoms. The summed E-state index contributed by atoms with van der Waals surface area (Å²) < 4.78 is 67.5. The van der Waals surface area contributed by atoms with Crippen LogP contribution in [0.3, 0.4) is 0 Å². The molecule has 0 aliphatic heterocycles. The first-order chi connectivity index (χ1) is 18.0. The van der Waals surface area contributed by atoms with E-state index in [4.69, 9.17) is 25.7 Å². The van der Waals surface area contributed by atoms with Crippen LogP contribution in [0.1, 0.15) is 50.2 Å². The number of hydrogen-bond donors (Lipinski definition) is 0. The molecule has 1 unspecified atom stereocenters. The zero-order valence-electron chi connectivity index (χ0n) is 20.4. The van der Waals surface area contributed by atoms with E-state index in [1.165, 1.54) is 7.11 Å². The zero-order valence-corrected chi connectivity index (χ0v) is 22.1. The number of methoxy groups -OCH3 is 1. The standard InChI is InChI=1S/C24H24ClF3N2O7P/c1-3-14-11-18(30(32)33)21(13-20(14)36-19-10-9-16(12-17(19)25)24(26,27)28)38(34)37-29-22(23(31)35-2)15-7-5-4-6-8-15/h9-13,15H,3-8H2,1-2H3/q+1. The minimum Gasteiger partial charge on any atom is -0.464 e. The number of carbonyl (C=O) groups is 1. The second kappa shape index (κ2) is 12.5. The van der Waals surface area contributed by atoms with E-state index in [1.54, 1.807) is 6.92 Å². The van der Waals surface area contributed by atoms with Crippen LogP contribution in [0, 0.1) is 16.0 Å². The topological polar surface area (TPSA) is 117 Å². The van der Waals surface area contributed by atoms with Gasteiger partial charge in [-0.2, -0.15) is 13.2 Å². The third-order valence-electron chi connectivity index (χ3n) is 6.01. The maximum absolute atomic E-state index is 13.1. The molecule has 0 heterocycles. The van der Waals surface area contributed by atoms with Crippen LogP contribution in [-0.2, 0) is 31.3 Å². The Morgan fingerprint density at radius 2 is 1.87 bits per heavy atom. The molecule has 1 aliphatic rings. The van der Waals surface area contributed by atoms with Crippen LogP contribution in [0.4, 0.5) is 18.9 Å². The molecule has 2 aromatic rings. The number of nitro benzene ring substituents is 1. The van der Waals surface area contributed by atoms with E-state index < -0.39 is 41.7 Å². The highest BCUT2D eigenvalue weighted by atomic mass is 35.5. The molecular formula is C24H24ClF3N2O7P+. The molecule has 9 nitrogen and oxygen atoms in total. The number of rotatable bonds is 9. The van der Waals surface area contributed by atoms with Gasteiger partial charge in [-0.05, 0) is 47.2 Å². The number of halogens is 4. The van der Waals surface area contributed by atoms with Gasteiger partial charge in [0, 0.05) is 23.6 Å². The van der Waals surface area contributed by atoms with Gasteiger partial charge in [0.15, 0.2) is 5.71 Å². The van der Waals surface area contributed by atoms with Gasteiger partial charge in [-0.1, -0.05) is 37.8 Å². The molecule has 38 heavy (non-hydrogen) atoms. The Balaban J connectivity index is 1.97. The number of esters is 1. The van der Waals surface area contributed by atoms with Gasteiger partial charge < -0.3 is 9.47 Å². The fourth-order valence-electron chi connectivity index (χ4n) is 4.03. The number of alkyl halides is 3. The van der Waals surface area contributed by atoms with Crippen LogP contribution in [0.25, 0.3) is 0 Å². The summed E-state index contributed by atoms with van der Waals surface area (Å²) in [5.74, 6) is -1.19. The maximum Gasteiger partial charge on any atom is 0.629 e. The second-order valence-corrected chi connectivity index (χ2v) is 10.0. The summed E-state index contributed by atoms with van der Waals surface area (Å²) in [5, 5.41) is 14.8. The van der Waals surface area contributed by atoms with Crippen molar-refractivity contribution in [1.82, 2.24) is 0 Å². The van der Waals surface area contributed by atoms with Crippen LogP contribution in [0.15, 0.2) is 35.5 Å². The molecule has 0 bridgehead atoms. The number of nitro groups is 1. The highest BCUT2D eigenvalue weighted by Crippen LogP contribution is 2.39. The van der Waals surface area contributed by atoms with E-state index in [-0.39, 0.29) is 34.6 Å². The van der Waals surface area contributed by atoms with Crippen molar-refractivity contribution in [2.24, 2.45) is 11.1 Å². The van der Waals surface area contributed by atoms with E-state index >= 15 is 0 Å². The molecule has 1 fully saturated rings. The van der Waals surface area contributed by atoms with Crippen LogP contribution in [0.2, 0.25) is 5.02 Å². The van der Waals surface area contributed by atoms with Crippen LogP contribution in [0.5, 0.6) is 11.5 Å². The molecule has 0 spiro atoms. The van der Waals surface area contributed by atoms with Gasteiger partial charge in [-0.15, -0.1) is 4.62 Å². The van der Waals surface area contributed by atoms with Crippen molar-refractivity contribution in [2.45, 2.75) is 51.6 Å². The average Bonchev–Trinajstić information content (AvgIpc) is 2.89. The molecule has 3 rings (SSSR count). The molecule has 1 atom stereocenters. The number of nitrogens with zero attached hydrogens (tertiary/aromatic N) is 2. The summed E-state index contributed by atoms with van der Waals surface area (Å²) >= 11 is 5.99. The van der Waals surface area contributed by atoms with Crippen molar-refractivity contribution in [2.75, 3.05) is 7.11 Å². The Labute approximate surface area is 221 Å². The van der Waals surface area contributed by atoms with Crippen molar-refractivity contribution in [3.05, 3.63) is 56.6 Å². The van der Waals surface area contributed by atoms with Gasteiger partial charge in [0.2, 0.25) is 0 Å². The van der Waals surface area contributed by atoms with Gasteiger partial charge >= 0.3 is 31.2 Å². The monoisotopic (exact) mass is 575 g/mol. The lowest BCUT2D eigenvalue weighted by Gasteiger charge is -2.20. The van der Waals surface area contributed by atoms with Crippen LogP contribution < -0.4 is 10.0 Å². The number of benzene rings is 2. The molecule has 0 saturated heterocycles. The predicted octanol–water partition coefficient (Wildman–Crippen LogP) is 7.12. The first kappa shape index (κ1) is 29.3. The quantitative estimate of drug-likeness (QED) is 0.103. The van der Waals surface area contributed by atoms with Crippen LogP contribution >= 0.6 is 19.6 Å². The molecule has 204 valence electrons. The van der Waals surface area contributed by atoms with Gasteiger partial charge in [0.25, 0.3) is 0 Å². The lowest BCUT2D eigenvalue weighted by atomic mass is 9.86. The lowest BCUT2D eigenvalue weighted by Crippen LogP contribution is -2.27. The van der Waals surface area contributed by atoms with E-state index in [0.29, 0.717) is 24.5 Å². The van der Waals surface area contributed by atoms with Gasteiger partial charge in [0.05, 0.1) is 22.6 Å². The number of ether oxygens (including phenoxy) is 2. The second-order valence-electron chi connectivity index (χ2n) is 8.45. The third kappa shape index (κ3) is 6.99. The van der Waals surface area contributed by atoms with Crippen molar-refractivity contribution >= 4 is 42.3 Å². The van der Waals surface area contributed by atoms with Crippen molar-refractivity contribution in [1.29, 1.82) is 0 Å². The summed E-state index contributed by atoms with van der Waals surface area (Å²) in [4.78, 5) is 23.2. The minimum absolute atomic E-state index is 0.0221. The molecule has 0 amide bonds. The molecular weight excluding hydrogens is 552 g/mol. The number of carbonyl (C=O) groups excluding carboxylic acids is 1. The molecule has 1 saturated carbocycles. The average molecular weight is 576 g/mol. The normalized spacial score (nSPS) is 15.1. The fraction of sp³-hybridized carbons (Fsp3) is 0.417. The van der Waals surface area contributed by atoms with Gasteiger partial charge in [0.1, 0.15) is 11.5 Å². The molecule has 2 aromatic carbocycles. The first-order valence-corrected chi connectivity index (χ1v) is 13.2. The zero-order chi connectivity index (χ0) is 28.0. The molecule has 1 aliphatic carbocycles. The minimum atomic E-state index is -4.62. The Morgan fingerprint density at radius 1 is 1.18 bits per heavy atom. The highest BCUT2D eigenvalue weighted by molar-refractivity contribution is 7.48. The van der Waals surface area contributed by atoms with Crippen LogP contribution in [-0.4, -0.2) is 23.7 Å². The molecule has 0 aromatic heterocycles. The summed E-state index contributed by atoms with van der Waals surface area (Å²) in [6, 6.07) is 4.70.